The number of carbonyl (C=O) groups is 1. The van der Waals surface area contributed by atoms with Gasteiger partial charge in [-0.25, -0.2) is 9.67 Å². The first-order valence-electron chi connectivity index (χ1n) is 9.91. The van der Waals surface area contributed by atoms with Crippen LogP contribution in [0.25, 0.3) is 0 Å². The van der Waals surface area contributed by atoms with Gasteiger partial charge in [0.1, 0.15) is 11.6 Å². The molecular formula is C20H27N5O2. The normalized spacial score (nSPS) is 20.4. The lowest BCUT2D eigenvalue weighted by molar-refractivity contribution is 0.102. The van der Waals surface area contributed by atoms with Crippen LogP contribution in [0.3, 0.4) is 0 Å². The molecule has 0 aliphatic carbocycles. The van der Waals surface area contributed by atoms with Crippen molar-refractivity contribution in [3.8, 4) is 0 Å². The quantitative estimate of drug-likeness (QED) is 0.877. The first kappa shape index (κ1) is 18.0. The third-order valence-corrected chi connectivity index (χ3v) is 5.35. The Balaban J connectivity index is 1.39. The van der Waals surface area contributed by atoms with E-state index < -0.39 is 0 Å². The molecule has 7 nitrogen and oxygen atoms in total. The third kappa shape index (κ3) is 4.47. The number of amides is 1. The second-order valence-electron chi connectivity index (χ2n) is 7.39. The minimum Gasteiger partial charge on any atom is -0.381 e. The summed E-state index contributed by atoms with van der Waals surface area (Å²) in [6, 6.07) is 5.63. The fraction of sp³-hybridized carbons (Fsp3) is 0.550. The zero-order valence-electron chi connectivity index (χ0n) is 15.6. The molecule has 2 fully saturated rings. The molecule has 2 aliphatic rings. The molecule has 0 bridgehead atoms. The molecule has 2 aliphatic heterocycles. The topological polar surface area (TPSA) is 72.3 Å². The van der Waals surface area contributed by atoms with Crippen LogP contribution in [-0.4, -0.2) is 47.0 Å². The fourth-order valence-electron chi connectivity index (χ4n) is 3.75. The van der Waals surface area contributed by atoms with E-state index in [1.54, 1.807) is 12.4 Å². The molecule has 1 atom stereocenters. The van der Waals surface area contributed by atoms with E-state index in [1.807, 2.05) is 22.9 Å². The minimum absolute atomic E-state index is 0.158. The zero-order chi connectivity index (χ0) is 18.5. The highest BCUT2D eigenvalue weighted by Gasteiger charge is 2.19. The van der Waals surface area contributed by atoms with E-state index in [0.29, 0.717) is 17.3 Å². The maximum atomic E-state index is 12.6. The third-order valence-electron chi connectivity index (χ3n) is 5.35. The highest BCUT2D eigenvalue weighted by molar-refractivity contribution is 6.03. The van der Waals surface area contributed by atoms with Crippen LogP contribution < -0.4 is 10.2 Å². The number of aromatic nitrogens is 3. The van der Waals surface area contributed by atoms with Crippen molar-refractivity contribution in [3.63, 3.8) is 0 Å². The van der Waals surface area contributed by atoms with Crippen molar-refractivity contribution in [2.45, 2.75) is 38.6 Å². The van der Waals surface area contributed by atoms with E-state index in [2.05, 4.69) is 20.3 Å². The van der Waals surface area contributed by atoms with Gasteiger partial charge in [-0.15, -0.1) is 0 Å². The molecule has 27 heavy (non-hydrogen) atoms. The summed E-state index contributed by atoms with van der Waals surface area (Å²) >= 11 is 0. The van der Waals surface area contributed by atoms with Crippen molar-refractivity contribution >= 4 is 17.5 Å². The van der Waals surface area contributed by atoms with Crippen LogP contribution in [0.5, 0.6) is 0 Å². The van der Waals surface area contributed by atoms with Crippen LogP contribution in [0, 0.1) is 5.92 Å². The summed E-state index contributed by atoms with van der Waals surface area (Å²) in [5, 5.41) is 7.29. The zero-order valence-corrected chi connectivity index (χ0v) is 15.6. The number of rotatable bonds is 5. The number of ether oxygens (including phenoxy) is 1. The molecule has 4 heterocycles. The number of pyridine rings is 1. The minimum atomic E-state index is -0.158. The average molecular weight is 369 g/mol. The number of nitrogens with zero attached hydrogens (tertiary/aromatic N) is 4. The number of hydrogen-bond acceptors (Lipinski definition) is 5. The molecule has 0 saturated carbocycles. The van der Waals surface area contributed by atoms with Gasteiger partial charge in [0.05, 0.1) is 18.4 Å². The van der Waals surface area contributed by atoms with Crippen LogP contribution >= 0.6 is 0 Å². The summed E-state index contributed by atoms with van der Waals surface area (Å²) in [6.45, 7) is 4.41. The molecule has 0 radical (unpaired) electrons. The van der Waals surface area contributed by atoms with Crippen LogP contribution in [-0.2, 0) is 11.3 Å². The van der Waals surface area contributed by atoms with Crippen molar-refractivity contribution < 1.29 is 9.53 Å². The van der Waals surface area contributed by atoms with Gasteiger partial charge in [0.25, 0.3) is 5.91 Å². The Bertz CT molecular complexity index is 744. The van der Waals surface area contributed by atoms with E-state index in [4.69, 9.17) is 4.74 Å². The molecule has 2 saturated heterocycles. The molecule has 1 N–H and O–H groups in total. The highest BCUT2D eigenvalue weighted by Crippen LogP contribution is 2.19. The van der Waals surface area contributed by atoms with Crippen LogP contribution in [0.1, 0.15) is 42.5 Å². The van der Waals surface area contributed by atoms with Gasteiger partial charge in [0.15, 0.2) is 0 Å². The smallest absolute Gasteiger partial charge is 0.258 e. The first-order valence-corrected chi connectivity index (χ1v) is 9.91. The van der Waals surface area contributed by atoms with Crippen molar-refractivity contribution in [1.29, 1.82) is 0 Å². The average Bonchev–Trinajstić information content (AvgIpc) is 3.28. The van der Waals surface area contributed by atoms with Gasteiger partial charge in [0, 0.05) is 44.4 Å². The highest BCUT2D eigenvalue weighted by atomic mass is 16.5. The summed E-state index contributed by atoms with van der Waals surface area (Å²) in [7, 11) is 0. The Morgan fingerprint density at radius 2 is 2.04 bits per heavy atom. The molecule has 0 unspecified atom stereocenters. The summed E-state index contributed by atoms with van der Waals surface area (Å²) in [5.74, 6) is 1.97. The van der Waals surface area contributed by atoms with Gasteiger partial charge >= 0.3 is 0 Å². The lowest BCUT2D eigenvalue weighted by Crippen LogP contribution is -2.25. The van der Waals surface area contributed by atoms with E-state index in [1.165, 1.54) is 25.7 Å². The van der Waals surface area contributed by atoms with Gasteiger partial charge in [-0.2, -0.15) is 5.10 Å². The van der Waals surface area contributed by atoms with E-state index in [0.717, 1.165) is 45.1 Å². The fourth-order valence-corrected chi connectivity index (χ4v) is 3.75. The maximum absolute atomic E-state index is 12.6. The predicted octanol–water partition coefficient (Wildman–Crippen LogP) is 2.95. The first-order chi connectivity index (χ1) is 13.3. The molecule has 2 aromatic heterocycles. The largest absolute Gasteiger partial charge is 0.381 e. The summed E-state index contributed by atoms with van der Waals surface area (Å²) in [5.41, 5.74) is 0.561. The van der Waals surface area contributed by atoms with Crippen molar-refractivity contribution in [2.75, 3.05) is 36.5 Å². The SMILES string of the molecule is O=C(Nc1ccnn1C[C@@H]1CCOC1)c1ccc(N2CCCCCC2)nc1. The Morgan fingerprint density at radius 3 is 2.74 bits per heavy atom. The van der Waals surface area contributed by atoms with Crippen molar-refractivity contribution in [2.24, 2.45) is 5.92 Å². The Kier molecular flexibility index (Phi) is 5.67. The molecule has 2 aromatic rings. The maximum Gasteiger partial charge on any atom is 0.258 e. The molecular weight excluding hydrogens is 342 g/mol. The van der Waals surface area contributed by atoms with Gasteiger partial charge < -0.3 is 15.0 Å². The van der Waals surface area contributed by atoms with E-state index >= 15 is 0 Å². The van der Waals surface area contributed by atoms with Gasteiger partial charge in [0.2, 0.25) is 0 Å². The second-order valence-corrected chi connectivity index (χ2v) is 7.39. The Labute approximate surface area is 159 Å². The van der Waals surface area contributed by atoms with Gasteiger partial charge in [-0.05, 0) is 31.4 Å². The number of nitrogens with one attached hydrogen (secondary N) is 1. The summed E-state index contributed by atoms with van der Waals surface area (Å²) in [4.78, 5) is 19.5. The Hall–Kier alpha value is -2.41. The number of carbonyl (C=O) groups excluding carboxylic acids is 1. The molecule has 4 rings (SSSR count). The lowest BCUT2D eigenvalue weighted by atomic mass is 10.1. The summed E-state index contributed by atoms with van der Waals surface area (Å²) in [6.07, 6.45) is 9.41. The van der Waals surface area contributed by atoms with Crippen LogP contribution in [0.15, 0.2) is 30.6 Å². The molecule has 144 valence electrons. The van der Waals surface area contributed by atoms with Crippen LogP contribution in [0.2, 0.25) is 0 Å². The van der Waals surface area contributed by atoms with Crippen molar-refractivity contribution in [1.82, 2.24) is 14.8 Å². The molecule has 0 aromatic carbocycles. The van der Waals surface area contributed by atoms with E-state index in [-0.39, 0.29) is 5.91 Å². The standard InChI is InChI=1S/C20H27N5O2/c26-20(23-19-7-9-22-25(19)14-16-8-12-27-15-16)17-5-6-18(21-13-17)24-10-3-1-2-4-11-24/h5-7,9,13,16H,1-4,8,10-12,14-15H2,(H,23,26)/t16-/m0/s1. The molecule has 7 heteroatoms. The lowest BCUT2D eigenvalue weighted by Gasteiger charge is -2.21. The van der Waals surface area contributed by atoms with Gasteiger partial charge in [-0.1, -0.05) is 12.8 Å². The van der Waals surface area contributed by atoms with E-state index in [9.17, 15) is 4.79 Å². The predicted molar refractivity (Wildman–Crippen MR) is 104 cm³/mol. The number of hydrogen-bond donors (Lipinski definition) is 1. The Morgan fingerprint density at radius 1 is 1.19 bits per heavy atom. The molecule has 1 amide bonds. The second kappa shape index (κ2) is 8.52. The van der Waals surface area contributed by atoms with Crippen molar-refractivity contribution in [3.05, 3.63) is 36.2 Å². The van der Waals surface area contributed by atoms with Gasteiger partial charge in [-0.3, -0.25) is 4.79 Å². The monoisotopic (exact) mass is 369 g/mol. The van der Waals surface area contributed by atoms with Crippen LogP contribution in [0.4, 0.5) is 11.6 Å². The molecule has 0 spiro atoms. The number of anilines is 2. The summed E-state index contributed by atoms with van der Waals surface area (Å²) < 4.78 is 7.27.